The second kappa shape index (κ2) is 6.61. The van der Waals surface area contributed by atoms with E-state index in [1.54, 1.807) is 18.2 Å². The molecule has 0 heterocycles. The van der Waals surface area contributed by atoms with E-state index in [-0.39, 0.29) is 18.6 Å². The summed E-state index contributed by atoms with van der Waals surface area (Å²) in [6, 6.07) is 4.95. The third-order valence-electron chi connectivity index (χ3n) is 2.23. The largest absolute Gasteiger partial charge is 0.493 e. The van der Waals surface area contributed by atoms with Gasteiger partial charge in [-0.05, 0) is 17.7 Å². The first-order valence-electron chi connectivity index (χ1n) is 5.36. The summed E-state index contributed by atoms with van der Waals surface area (Å²) in [5, 5.41) is 8.45. The van der Waals surface area contributed by atoms with Crippen LogP contribution in [0.25, 0.3) is 0 Å². The van der Waals surface area contributed by atoms with Crippen LogP contribution in [0.1, 0.15) is 18.4 Å². The fourth-order valence-electron chi connectivity index (χ4n) is 1.31. The number of hydrogen-bond acceptors (Lipinski definition) is 5. The minimum atomic E-state index is -1.04. The molecule has 0 atom stereocenters. The number of methoxy groups -OCH3 is 1. The molecule has 0 fully saturated rings. The van der Waals surface area contributed by atoms with Gasteiger partial charge in [0.05, 0.1) is 20.0 Å². The number of esters is 1. The zero-order valence-electron chi connectivity index (χ0n) is 10.0. The zero-order chi connectivity index (χ0) is 13.5. The van der Waals surface area contributed by atoms with Crippen LogP contribution < -0.4 is 15.2 Å². The molecule has 0 aliphatic rings. The summed E-state index contributed by atoms with van der Waals surface area (Å²) in [7, 11) is 1.45. The van der Waals surface area contributed by atoms with Crippen molar-refractivity contribution >= 4 is 11.9 Å². The third-order valence-corrected chi connectivity index (χ3v) is 2.23. The first-order chi connectivity index (χ1) is 8.56. The van der Waals surface area contributed by atoms with Gasteiger partial charge in [-0.25, -0.2) is 0 Å². The molecule has 0 aromatic heterocycles. The molecule has 98 valence electrons. The molecule has 6 heteroatoms. The maximum absolute atomic E-state index is 11.4. The van der Waals surface area contributed by atoms with Crippen molar-refractivity contribution in [1.82, 2.24) is 0 Å². The summed E-state index contributed by atoms with van der Waals surface area (Å²) in [6.07, 6.45) is -0.445. The molecule has 0 radical (unpaired) electrons. The first kappa shape index (κ1) is 14.0. The van der Waals surface area contributed by atoms with Gasteiger partial charge in [0.25, 0.3) is 0 Å². The Kier molecular flexibility index (Phi) is 5.13. The van der Waals surface area contributed by atoms with Gasteiger partial charge >= 0.3 is 11.9 Å². The van der Waals surface area contributed by atoms with E-state index in [4.69, 9.17) is 20.3 Å². The molecule has 0 bridgehead atoms. The van der Waals surface area contributed by atoms with Crippen molar-refractivity contribution in [2.24, 2.45) is 5.73 Å². The molecule has 1 rings (SSSR count). The van der Waals surface area contributed by atoms with Crippen molar-refractivity contribution in [2.75, 3.05) is 7.11 Å². The van der Waals surface area contributed by atoms with Gasteiger partial charge in [0.2, 0.25) is 0 Å². The van der Waals surface area contributed by atoms with Gasteiger partial charge in [-0.1, -0.05) is 6.07 Å². The van der Waals surface area contributed by atoms with Crippen molar-refractivity contribution < 1.29 is 24.2 Å². The lowest BCUT2D eigenvalue weighted by atomic mass is 10.2. The zero-order valence-corrected chi connectivity index (χ0v) is 10.0. The van der Waals surface area contributed by atoms with E-state index in [0.717, 1.165) is 5.56 Å². The van der Waals surface area contributed by atoms with Crippen LogP contribution in [0.15, 0.2) is 18.2 Å². The second-order valence-corrected chi connectivity index (χ2v) is 3.56. The maximum Gasteiger partial charge on any atom is 0.311 e. The average molecular weight is 253 g/mol. The van der Waals surface area contributed by atoms with Crippen LogP contribution in [0.4, 0.5) is 0 Å². The van der Waals surface area contributed by atoms with E-state index < -0.39 is 11.9 Å². The fourth-order valence-corrected chi connectivity index (χ4v) is 1.31. The number of aliphatic carboxylic acids is 1. The maximum atomic E-state index is 11.4. The molecule has 0 unspecified atom stereocenters. The molecule has 0 spiro atoms. The quantitative estimate of drug-likeness (QED) is 0.578. The number of rotatable bonds is 6. The van der Waals surface area contributed by atoms with Gasteiger partial charge in [-0.2, -0.15) is 0 Å². The summed E-state index contributed by atoms with van der Waals surface area (Å²) in [5.74, 6) is -1.01. The molecule has 18 heavy (non-hydrogen) atoms. The Bertz CT molecular complexity index is 444. The highest BCUT2D eigenvalue weighted by Gasteiger charge is 2.12. The Labute approximate surface area is 104 Å². The third kappa shape index (κ3) is 4.06. The highest BCUT2D eigenvalue weighted by Crippen LogP contribution is 2.28. The second-order valence-electron chi connectivity index (χ2n) is 3.56. The molecule has 1 aromatic rings. The lowest BCUT2D eigenvalue weighted by Gasteiger charge is -2.10. The smallest absolute Gasteiger partial charge is 0.311 e. The van der Waals surface area contributed by atoms with Crippen molar-refractivity contribution in [3.63, 3.8) is 0 Å². The molecule has 0 amide bonds. The number of ether oxygens (including phenoxy) is 2. The topological polar surface area (TPSA) is 98.9 Å². The molecular formula is C12H15NO5. The summed E-state index contributed by atoms with van der Waals surface area (Å²) in [6.45, 7) is 0.351. The van der Waals surface area contributed by atoms with E-state index in [1.807, 2.05) is 0 Å². The van der Waals surface area contributed by atoms with Gasteiger partial charge in [0, 0.05) is 6.54 Å². The first-order valence-corrected chi connectivity index (χ1v) is 5.36. The van der Waals surface area contributed by atoms with Crippen LogP contribution in [0, 0.1) is 0 Å². The van der Waals surface area contributed by atoms with Crippen LogP contribution in [0.5, 0.6) is 11.5 Å². The lowest BCUT2D eigenvalue weighted by molar-refractivity contribution is -0.142. The van der Waals surface area contributed by atoms with Crippen molar-refractivity contribution in [3.8, 4) is 11.5 Å². The molecule has 0 aliphatic carbocycles. The van der Waals surface area contributed by atoms with E-state index in [1.165, 1.54) is 7.11 Å². The normalized spacial score (nSPS) is 9.89. The number of carbonyl (C=O) groups is 2. The Morgan fingerprint density at radius 3 is 2.56 bits per heavy atom. The Balaban J connectivity index is 2.71. The molecule has 3 N–H and O–H groups in total. The van der Waals surface area contributed by atoms with E-state index in [0.29, 0.717) is 12.3 Å². The Hall–Kier alpha value is -2.08. The minimum absolute atomic E-state index is 0.183. The number of carbonyl (C=O) groups excluding carboxylic acids is 1. The van der Waals surface area contributed by atoms with Crippen LogP contribution >= 0.6 is 0 Å². The van der Waals surface area contributed by atoms with Crippen LogP contribution in [0.3, 0.4) is 0 Å². The predicted octanol–water partition coefficient (Wildman–Crippen LogP) is 0.924. The lowest BCUT2D eigenvalue weighted by Crippen LogP contribution is -2.11. The standard InChI is InChI=1S/C12H15NO5/c1-17-10-6-8(7-13)2-3-9(10)18-12(16)5-4-11(14)15/h2-3,6H,4-5,7,13H2,1H3,(H,14,15). The fraction of sp³-hybridized carbons (Fsp3) is 0.333. The molecule has 0 saturated heterocycles. The van der Waals surface area contributed by atoms with Gasteiger partial charge in [0.15, 0.2) is 11.5 Å². The monoisotopic (exact) mass is 253 g/mol. The summed E-state index contributed by atoms with van der Waals surface area (Å²) >= 11 is 0. The van der Waals surface area contributed by atoms with E-state index >= 15 is 0 Å². The molecular weight excluding hydrogens is 238 g/mol. The average Bonchev–Trinajstić information content (AvgIpc) is 2.36. The molecule has 0 aliphatic heterocycles. The SMILES string of the molecule is COc1cc(CN)ccc1OC(=O)CCC(=O)O. The minimum Gasteiger partial charge on any atom is -0.493 e. The number of hydrogen-bond donors (Lipinski definition) is 2. The molecule has 6 nitrogen and oxygen atoms in total. The van der Waals surface area contributed by atoms with Crippen molar-refractivity contribution in [2.45, 2.75) is 19.4 Å². The van der Waals surface area contributed by atoms with Crippen LogP contribution in [-0.4, -0.2) is 24.2 Å². The number of nitrogens with two attached hydrogens (primary N) is 1. The van der Waals surface area contributed by atoms with Gasteiger partial charge < -0.3 is 20.3 Å². The molecule has 0 saturated carbocycles. The Morgan fingerprint density at radius 1 is 1.28 bits per heavy atom. The molecule has 1 aromatic carbocycles. The number of benzene rings is 1. The Morgan fingerprint density at radius 2 is 2.00 bits per heavy atom. The summed E-state index contributed by atoms with van der Waals surface area (Å²) in [4.78, 5) is 21.7. The van der Waals surface area contributed by atoms with E-state index in [9.17, 15) is 9.59 Å². The predicted molar refractivity (Wildman–Crippen MR) is 63.4 cm³/mol. The highest BCUT2D eigenvalue weighted by atomic mass is 16.6. The van der Waals surface area contributed by atoms with Gasteiger partial charge in [-0.15, -0.1) is 0 Å². The van der Waals surface area contributed by atoms with Crippen molar-refractivity contribution in [3.05, 3.63) is 23.8 Å². The number of carboxylic acids is 1. The van der Waals surface area contributed by atoms with E-state index in [2.05, 4.69) is 0 Å². The summed E-state index contributed by atoms with van der Waals surface area (Å²) < 4.78 is 10.1. The van der Waals surface area contributed by atoms with Gasteiger partial charge in [-0.3, -0.25) is 9.59 Å². The van der Waals surface area contributed by atoms with Gasteiger partial charge in [0.1, 0.15) is 0 Å². The van der Waals surface area contributed by atoms with Crippen molar-refractivity contribution in [1.29, 1.82) is 0 Å². The van der Waals surface area contributed by atoms with Crippen LogP contribution in [-0.2, 0) is 16.1 Å². The highest BCUT2D eigenvalue weighted by molar-refractivity contribution is 5.78. The summed E-state index contributed by atoms with van der Waals surface area (Å²) in [5.41, 5.74) is 6.32. The van der Waals surface area contributed by atoms with Crippen LogP contribution in [0.2, 0.25) is 0 Å². The number of carboxylic acid groups (broad SMARTS) is 1.